The van der Waals surface area contributed by atoms with Crippen molar-refractivity contribution < 1.29 is 10.2 Å². The van der Waals surface area contributed by atoms with Crippen LogP contribution in [-0.4, -0.2) is 16.8 Å². The van der Waals surface area contributed by atoms with Crippen LogP contribution < -0.4 is 0 Å². The number of aliphatic hydroxyl groups is 1. The molecule has 2 nitrogen and oxygen atoms in total. The third-order valence-corrected chi connectivity index (χ3v) is 4.77. The fraction of sp³-hybridized carbons (Fsp3) is 0.727. The average Bonchev–Trinajstić information content (AvgIpc) is 2.41. The number of rotatable bonds is 6. The highest BCUT2D eigenvalue weighted by molar-refractivity contribution is 5.50. The zero-order valence-electron chi connectivity index (χ0n) is 17.0. The van der Waals surface area contributed by atoms with Gasteiger partial charge in [0.15, 0.2) is 0 Å². The van der Waals surface area contributed by atoms with Gasteiger partial charge in [-0.1, -0.05) is 80.4 Å². The van der Waals surface area contributed by atoms with Crippen LogP contribution in [0.3, 0.4) is 0 Å². The highest BCUT2D eigenvalue weighted by Gasteiger charge is 2.28. The molecule has 0 saturated carbocycles. The molecule has 1 aromatic carbocycles. The number of aliphatic hydroxyl groups excluding tert-OH is 1. The van der Waals surface area contributed by atoms with Gasteiger partial charge in [-0.3, -0.25) is 0 Å². The smallest absolute Gasteiger partial charge is 0.123 e. The summed E-state index contributed by atoms with van der Waals surface area (Å²) in [5.74, 6) is 1.25. The van der Waals surface area contributed by atoms with Crippen molar-refractivity contribution in [3.8, 4) is 5.75 Å². The van der Waals surface area contributed by atoms with Crippen molar-refractivity contribution in [3.05, 3.63) is 28.8 Å². The maximum atomic E-state index is 10.8. The number of hydrogen-bond acceptors (Lipinski definition) is 2. The Labute approximate surface area is 149 Å². The molecule has 2 N–H and O–H groups in total. The summed E-state index contributed by atoms with van der Waals surface area (Å²) < 4.78 is 0. The van der Waals surface area contributed by atoms with Gasteiger partial charge in [0.25, 0.3) is 0 Å². The molecular weight excluding hydrogens is 296 g/mol. The van der Waals surface area contributed by atoms with Gasteiger partial charge >= 0.3 is 0 Å². The Kier molecular flexibility index (Phi) is 6.93. The maximum Gasteiger partial charge on any atom is 0.123 e. The SMILES string of the molecule is CC(C)CCCC(CO)c1cc(C(C)(C)C)c(O)c(C(C)(C)C)c1. The first-order valence-electron chi connectivity index (χ1n) is 9.36. The lowest BCUT2D eigenvalue weighted by atomic mass is 9.76. The molecule has 0 amide bonds. The molecule has 0 aromatic heterocycles. The van der Waals surface area contributed by atoms with Gasteiger partial charge in [-0.15, -0.1) is 0 Å². The maximum absolute atomic E-state index is 10.8. The Hall–Kier alpha value is -1.02. The lowest BCUT2D eigenvalue weighted by molar-refractivity contribution is 0.255. The average molecular weight is 335 g/mol. The van der Waals surface area contributed by atoms with Crippen molar-refractivity contribution >= 4 is 0 Å². The van der Waals surface area contributed by atoms with Crippen LogP contribution in [-0.2, 0) is 10.8 Å². The Morgan fingerprint density at radius 1 is 0.875 bits per heavy atom. The summed E-state index contributed by atoms with van der Waals surface area (Å²) >= 11 is 0. The van der Waals surface area contributed by atoms with E-state index >= 15 is 0 Å². The third kappa shape index (κ3) is 5.51. The minimum absolute atomic E-state index is 0.127. The van der Waals surface area contributed by atoms with E-state index in [2.05, 4.69) is 67.5 Å². The highest BCUT2D eigenvalue weighted by Crippen LogP contribution is 2.41. The van der Waals surface area contributed by atoms with Gasteiger partial charge < -0.3 is 10.2 Å². The second-order valence-corrected chi connectivity index (χ2v) is 9.67. The fourth-order valence-electron chi connectivity index (χ4n) is 3.17. The number of phenols is 1. The van der Waals surface area contributed by atoms with Gasteiger partial charge in [0.1, 0.15) is 5.75 Å². The normalized spacial score (nSPS) is 14.2. The molecule has 0 aliphatic heterocycles. The van der Waals surface area contributed by atoms with Gasteiger partial charge in [0.05, 0.1) is 0 Å². The molecule has 1 aromatic rings. The number of phenolic OH excluding ortho intramolecular Hbond substituents is 1. The monoisotopic (exact) mass is 334 g/mol. The minimum Gasteiger partial charge on any atom is -0.507 e. The molecule has 0 spiro atoms. The van der Waals surface area contributed by atoms with Crippen molar-refractivity contribution in [1.82, 2.24) is 0 Å². The van der Waals surface area contributed by atoms with E-state index in [1.807, 2.05) is 0 Å². The van der Waals surface area contributed by atoms with Gasteiger partial charge in [-0.25, -0.2) is 0 Å². The first kappa shape index (κ1) is 21.0. The first-order chi connectivity index (χ1) is 10.9. The van der Waals surface area contributed by atoms with Crippen LogP contribution in [0.4, 0.5) is 0 Å². The predicted octanol–water partition coefficient (Wildman–Crippen LogP) is 5.89. The summed E-state index contributed by atoms with van der Waals surface area (Å²) in [7, 11) is 0. The van der Waals surface area contributed by atoms with E-state index in [9.17, 15) is 10.2 Å². The van der Waals surface area contributed by atoms with E-state index < -0.39 is 0 Å². The quantitative estimate of drug-likeness (QED) is 0.681. The van der Waals surface area contributed by atoms with Crippen molar-refractivity contribution in [2.45, 2.75) is 91.4 Å². The molecule has 0 radical (unpaired) electrons. The largest absolute Gasteiger partial charge is 0.507 e. The second-order valence-electron chi connectivity index (χ2n) is 9.67. The number of hydrogen-bond donors (Lipinski definition) is 2. The molecule has 0 bridgehead atoms. The first-order valence-corrected chi connectivity index (χ1v) is 9.36. The molecule has 0 saturated heterocycles. The summed E-state index contributed by atoms with van der Waals surface area (Å²) in [4.78, 5) is 0. The van der Waals surface area contributed by atoms with Gasteiger partial charge in [-0.2, -0.15) is 0 Å². The van der Waals surface area contributed by atoms with Crippen molar-refractivity contribution in [2.24, 2.45) is 5.92 Å². The van der Waals surface area contributed by atoms with E-state index in [0.717, 1.165) is 29.5 Å². The second kappa shape index (κ2) is 7.91. The molecule has 0 fully saturated rings. The lowest BCUT2D eigenvalue weighted by Crippen LogP contribution is -2.19. The zero-order chi connectivity index (χ0) is 18.7. The van der Waals surface area contributed by atoms with E-state index in [4.69, 9.17) is 0 Å². The van der Waals surface area contributed by atoms with Crippen LogP contribution in [0.2, 0.25) is 0 Å². The van der Waals surface area contributed by atoms with Crippen molar-refractivity contribution in [2.75, 3.05) is 6.61 Å². The van der Waals surface area contributed by atoms with Crippen LogP contribution in [0.1, 0.15) is 97.3 Å². The summed E-state index contributed by atoms with van der Waals surface area (Å²) in [6.45, 7) is 17.4. The molecule has 1 unspecified atom stereocenters. The van der Waals surface area contributed by atoms with Crippen LogP contribution in [0.5, 0.6) is 5.75 Å². The van der Waals surface area contributed by atoms with E-state index in [0.29, 0.717) is 11.7 Å². The molecule has 2 heteroatoms. The summed E-state index contributed by atoms with van der Waals surface area (Å²) in [5.41, 5.74) is 2.86. The fourth-order valence-corrected chi connectivity index (χ4v) is 3.17. The summed E-state index contributed by atoms with van der Waals surface area (Å²) in [6, 6.07) is 4.22. The van der Waals surface area contributed by atoms with Gasteiger partial charge in [0, 0.05) is 12.5 Å². The highest BCUT2D eigenvalue weighted by atomic mass is 16.3. The number of aromatic hydroxyl groups is 1. The third-order valence-electron chi connectivity index (χ3n) is 4.77. The van der Waals surface area contributed by atoms with Crippen LogP contribution in [0.15, 0.2) is 12.1 Å². The molecule has 0 aliphatic rings. The van der Waals surface area contributed by atoms with E-state index in [1.54, 1.807) is 0 Å². The molecule has 0 heterocycles. The molecule has 0 aliphatic carbocycles. The van der Waals surface area contributed by atoms with Gasteiger partial charge in [-0.05, 0) is 39.9 Å². The molecule has 24 heavy (non-hydrogen) atoms. The Morgan fingerprint density at radius 3 is 1.67 bits per heavy atom. The molecule has 1 atom stereocenters. The summed E-state index contributed by atoms with van der Waals surface area (Å²) in [6.07, 6.45) is 3.30. The Morgan fingerprint density at radius 2 is 1.33 bits per heavy atom. The van der Waals surface area contributed by atoms with Crippen molar-refractivity contribution in [1.29, 1.82) is 0 Å². The Balaban J connectivity index is 3.31. The van der Waals surface area contributed by atoms with E-state index in [-0.39, 0.29) is 23.4 Å². The topological polar surface area (TPSA) is 40.5 Å². The molecule has 138 valence electrons. The lowest BCUT2D eigenvalue weighted by Gasteiger charge is -2.29. The minimum atomic E-state index is -0.127. The predicted molar refractivity (Wildman–Crippen MR) is 104 cm³/mol. The van der Waals surface area contributed by atoms with Crippen molar-refractivity contribution in [3.63, 3.8) is 0 Å². The standard InChI is InChI=1S/C22H38O2/c1-15(2)10-9-11-16(14-23)17-12-18(21(3,4)5)20(24)19(13-17)22(6,7)8/h12-13,15-16,23-24H,9-11,14H2,1-8H3. The summed E-state index contributed by atoms with van der Waals surface area (Å²) in [5, 5.41) is 20.8. The number of benzene rings is 1. The Bertz CT molecular complexity index is 495. The van der Waals surface area contributed by atoms with Gasteiger partial charge in [0.2, 0.25) is 0 Å². The zero-order valence-corrected chi connectivity index (χ0v) is 17.0. The molecule has 1 rings (SSSR count). The van der Waals surface area contributed by atoms with Crippen LogP contribution in [0.25, 0.3) is 0 Å². The van der Waals surface area contributed by atoms with Crippen LogP contribution in [0, 0.1) is 5.92 Å². The van der Waals surface area contributed by atoms with Crippen LogP contribution >= 0.6 is 0 Å². The molecular formula is C22H38O2. The van der Waals surface area contributed by atoms with E-state index in [1.165, 1.54) is 6.42 Å².